The standard InChI is InChI=1S/C22H22ClN5O2/c1-13-9-10-14(11-24-13)12-27-21-15(5-4-6-16(21)23)19-20(25-27)22(30)28(26-19)17-7-2-3-8-18(17)29/h4-6,9-11,17-18,29H,2-3,7-8,12H2,1H3/t17-,18?/m0/s1. The third-order valence-corrected chi connectivity index (χ3v) is 6.18. The van der Waals surface area contributed by atoms with Crippen molar-refractivity contribution in [2.24, 2.45) is 0 Å². The molecule has 2 atom stereocenters. The van der Waals surface area contributed by atoms with Crippen molar-refractivity contribution < 1.29 is 5.11 Å². The van der Waals surface area contributed by atoms with Gasteiger partial charge >= 0.3 is 0 Å². The average Bonchev–Trinajstić information content (AvgIpc) is 3.07. The Bertz CT molecular complexity index is 1250. The number of hydrogen-bond donors (Lipinski definition) is 1. The van der Waals surface area contributed by atoms with E-state index in [2.05, 4.69) is 15.2 Å². The minimum atomic E-state index is -0.568. The van der Waals surface area contributed by atoms with Crippen LogP contribution in [-0.2, 0) is 6.54 Å². The van der Waals surface area contributed by atoms with Gasteiger partial charge in [-0.15, -0.1) is 0 Å². The van der Waals surface area contributed by atoms with Crippen molar-refractivity contribution in [3.8, 4) is 11.4 Å². The van der Waals surface area contributed by atoms with E-state index < -0.39 is 6.10 Å². The van der Waals surface area contributed by atoms with Crippen molar-refractivity contribution in [3.63, 3.8) is 0 Å². The molecule has 1 aromatic heterocycles. The Hall–Kier alpha value is -2.77. The van der Waals surface area contributed by atoms with Gasteiger partial charge in [0.25, 0.3) is 5.56 Å². The number of nitrogens with zero attached hydrogens (tertiary/aromatic N) is 5. The Morgan fingerprint density at radius 1 is 1.13 bits per heavy atom. The molecule has 0 amide bonds. The number of para-hydroxylation sites is 1. The Balaban J connectivity index is 1.72. The summed E-state index contributed by atoms with van der Waals surface area (Å²) in [6.45, 7) is 2.37. The Labute approximate surface area is 178 Å². The molecule has 0 spiro atoms. The van der Waals surface area contributed by atoms with Crippen molar-refractivity contribution in [1.82, 2.24) is 24.5 Å². The van der Waals surface area contributed by atoms with Gasteiger partial charge in [0, 0.05) is 17.3 Å². The van der Waals surface area contributed by atoms with E-state index in [9.17, 15) is 9.90 Å². The van der Waals surface area contributed by atoms with Gasteiger partial charge in [-0.3, -0.25) is 14.5 Å². The topological polar surface area (TPSA) is 85.8 Å². The highest BCUT2D eigenvalue weighted by Crippen LogP contribution is 2.33. The SMILES string of the molecule is Cc1ccc(Cn2nc3c(=O)n([C@H]4CCCCC4O)nc-3c3cccc(Cl)c32)cn1. The van der Waals surface area contributed by atoms with Crippen molar-refractivity contribution >= 4 is 22.5 Å². The number of rotatable bonds is 3. The molecule has 3 aliphatic rings. The predicted octanol–water partition coefficient (Wildman–Crippen LogP) is 3.58. The highest BCUT2D eigenvalue weighted by atomic mass is 35.5. The fraction of sp³-hybridized carbons (Fsp3) is 0.364. The van der Waals surface area contributed by atoms with E-state index in [0.29, 0.717) is 29.4 Å². The number of aliphatic hydroxyl groups excluding tert-OH is 1. The molecular weight excluding hydrogens is 402 g/mol. The largest absolute Gasteiger partial charge is 0.391 e. The van der Waals surface area contributed by atoms with Crippen LogP contribution in [0.4, 0.5) is 0 Å². The van der Waals surface area contributed by atoms with E-state index in [0.717, 1.165) is 41.4 Å². The molecule has 0 bridgehead atoms. The summed E-state index contributed by atoms with van der Waals surface area (Å²) in [5, 5.41) is 21.0. The summed E-state index contributed by atoms with van der Waals surface area (Å²) in [6, 6.07) is 9.18. The van der Waals surface area contributed by atoms with Gasteiger partial charge in [-0.2, -0.15) is 10.2 Å². The van der Waals surface area contributed by atoms with Crippen molar-refractivity contribution in [1.29, 1.82) is 0 Å². The fourth-order valence-corrected chi connectivity index (χ4v) is 4.57. The van der Waals surface area contributed by atoms with Crippen LogP contribution in [0.15, 0.2) is 41.3 Å². The smallest absolute Gasteiger partial charge is 0.297 e. The molecule has 3 heterocycles. The average molecular weight is 424 g/mol. The lowest BCUT2D eigenvalue weighted by Gasteiger charge is -2.26. The number of aryl methyl sites for hydroxylation is 1. The molecule has 0 saturated heterocycles. The van der Waals surface area contributed by atoms with Gasteiger partial charge < -0.3 is 5.11 Å². The number of hydrogen-bond acceptors (Lipinski definition) is 5. The van der Waals surface area contributed by atoms with E-state index in [1.807, 2.05) is 31.2 Å². The third-order valence-electron chi connectivity index (χ3n) is 5.88. The second-order valence-corrected chi connectivity index (χ2v) is 8.37. The molecular formula is C22H22ClN5O2. The molecule has 1 fully saturated rings. The molecule has 7 nitrogen and oxygen atoms in total. The Morgan fingerprint density at radius 3 is 2.73 bits per heavy atom. The molecule has 1 saturated carbocycles. The molecule has 2 aromatic rings. The summed E-state index contributed by atoms with van der Waals surface area (Å²) >= 11 is 6.54. The van der Waals surface area contributed by atoms with Crippen LogP contribution in [0.2, 0.25) is 5.02 Å². The van der Waals surface area contributed by atoms with E-state index in [4.69, 9.17) is 11.6 Å². The molecule has 1 aromatic carbocycles. The van der Waals surface area contributed by atoms with Gasteiger partial charge in [0.15, 0.2) is 5.69 Å². The monoisotopic (exact) mass is 423 g/mol. The molecule has 5 rings (SSSR count). The minimum absolute atomic E-state index is 0.270. The molecule has 154 valence electrons. The Kier molecular flexibility index (Phi) is 4.79. The maximum absolute atomic E-state index is 13.2. The van der Waals surface area contributed by atoms with E-state index in [-0.39, 0.29) is 11.6 Å². The fourth-order valence-electron chi connectivity index (χ4n) is 4.30. The van der Waals surface area contributed by atoms with E-state index >= 15 is 0 Å². The van der Waals surface area contributed by atoms with Crippen LogP contribution in [0.3, 0.4) is 0 Å². The van der Waals surface area contributed by atoms with Gasteiger partial charge in [-0.1, -0.05) is 42.6 Å². The van der Waals surface area contributed by atoms with E-state index in [1.54, 1.807) is 16.9 Å². The number of benzene rings is 1. The van der Waals surface area contributed by atoms with Crippen LogP contribution >= 0.6 is 11.6 Å². The molecule has 0 radical (unpaired) electrons. The van der Waals surface area contributed by atoms with E-state index in [1.165, 1.54) is 4.68 Å². The molecule has 1 aliphatic carbocycles. The van der Waals surface area contributed by atoms with Gasteiger partial charge in [-0.25, -0.2) is 4.68 Å². The maximum atomic E-state index is 13.2. The number of pyridine rings is 1. The summed E-state index contributed by atoms with van der Waals surface area (Å²) in [7, 11) is 0. The Morgan fingerprint density at radius 2 is 1.97 bits per heavy atom. The summed E-state index contributed by atoms with van der Waals surface area (Å²) in [6.07, 6.45) is 4.59. The lowest BCUT2D eigenvalue weighted by atomic mass is 9.93. The third kappa shape index (κ3) is 3.18. The zero-order chi connectivity index (χ0) is 20.8. The zero-order valence-corrected chi connectivity index (χ0v) is 17.4. The normalized spacial score (nSPS) is 19.6. The van der Waals surface area contributed by atoms with Gasteiger partial charge in [0.1, 0.15) is 5.69 Å². The zero-order valence-electron chi connectivity index (χ0n) is 16.6. The van der Waals surface area contributed by atoms with Crippen LogP contribution < -0.4 is 5.56 Å². The highest BCUT2D eigenvalue weighted by molar-refractivity contribution is 6.35. The lowest BCUT2D eigenvalue weighted by molar-refractivity contribution is 0.0681. The summed E-state index contributed by atoms with van der Waals surface area (Å²) in [5.41, 5.74) is 3.16. The van der Waals surface area contributed by atoms with Gasteiger partial charge in [0.2, 0.25) is 0 Å². The molecule has 8 heteroatoms. The first-order chi connectivity index (χ1) is 14.5. The number of aliphatic hydroxyl groups is 1. The lowest BCUT2D eigenvalue weighted by Crippen LogP contribution is -2.33. The summed E-state index contributed by atoms with van der Waals surface area (Å²) in [4.78, 5) is 17.6. The second-order valence-electron chi connectivity index (χ2n) is 7.97. The van der Waals surface area contributed by atoms with Crippen LogP contribution in [0.25, 0.3) is 22.3 Å². The summed E-state index contributed by atoms with van der Waals surface area (Å²) < 4.78 is 3.18. The molecule has 1 unspecified atom stereocenters. The first-order valence-corrected chi connectivity index (χ1v) is 10.6. The number of fused-ring (bicyclic) bond motifs is 3. The first-order valence-electron chi connectivity index (χ1n) is 10.2. The quantitative estimate of drug-likeness (QED) is 0.544. The van der Waals surface area contributed by atoms with Gasteiger partial charge in [0.05, 0.1) is 29.2 Å². The van der Waals surface area contributed by atoms with Crippen LogP contribution in [0, 0.1) is 6.92 Å². The molecule has 30 heavy (non-hydrogen) atoms. The van der Waals surface area contributed by atoms with Crippen LogP contribution in [0.1, 0.15) is 43.0 Å². The maximum Gasteiger partial charge on any atom is 0.297 e. The van der Waals surface area contributed by atoms with Crippen LogP contribution in [-0.4, -0.2) is 35.8 Å². The second kappa shape index (κ2) is 7.49. The van der Waals surface area contributed by atoms with Crippen molar-refractivity contribution in [2.45, 2.75) is 51.3 Å². The molecule has 2 aliphatic heterocycles. The van der Waals surface area contributed by atoms with Crippen LogP contribution in [0.5, 0.6) is 0 Å². The minimum Gasteiger partial charge on any atom is -0.391 e. The predicted molar refractivity (Wildman–Crippen MR) is 115 cm³/mol. The van der Waals surface area contributed by atoms with Gasteiger partial charge in [-0.05, 0) is 37.5 Å². The number of aromatic nitrogens is 5. The van der Waals surface area contributed by atoms with Crippen molar-refractivity contribution in [3.05, 3.63) is 63.2 Å². The molecule has 1 N–H and O–H groups in total. The number of halogens is 1. The highest BCUT2D eigenvalue weighted by Gasteiger charge is 2.31. The van der Waals surface area contributed by atoms with Crippen molar-refractivity contribution in [2.75, 3.05) is 0 Å². The summed E-state index contributed by atoms with van der Waals surface area (Å²) in [5.74, 6) is 0. The first kappa shape index (κ1) is 19.2.